The molecule has 3 rings (SSSR count). The first-order chi connectivity index (χ1) is 12.0. The van der Waals surface area contributed by atoms with Crippen molar-refractivity contribution in [1.82, 2.24) is 24.5 Å². The molecule has 0 N–H and O–H groups in total. The second-order valence-corrected chi connectivity index (χ2v) is 7.34. The molecule has 2 aliphatic heterocycles. The summed E-state index contributed by atoms with van der Waals surface area (Å²) in [6, 6.07) is 3.67. The molecule has 0 aromatic carbocycles. The van der Waals surface area contributed by atoms with Crippen LogP contribution >= 0.6 is 0 Å². The normalized spacial score (nSPS) is 23.0. The van der Waals surface area contributed by atoms with Crippen LogP contribution in [0.5, 0.6) is 0 Å². The lowest BCUT2D eigenvalue weighted by Gasteiger charge is -2.37. The lowest BCUT2D eigenvalue weighted by atomic mass is 10.2. The van der Waals surface area contributed by atoms with Gasteiger partial charge in [0.1, 0.15) is 0 Å². The first-order valence-corrected chi connectivity index (χ1v) is 9.27. The molecule has 1 unspecified atom stereocenters. The standard InChI is InChI=1S/C18H29N5O2/c1-14(2)22-7-6-16(18(22)25)21-11-8-20(9-12-21)10-13-23-17(24)5-4-15(3)19-23/h4-5,14,16H,6-13H2,1-3H3. The highest BCUT2D eigenvalue weighted by atomic mass is 16.2. The highest BCUT2D eigenvalue weighted by Crippen LogP contribution is 2.20. The van der Waals surface area contributed by atoms with Crippen LogP contribution in [0.4, 0.5) is 0 Å². The number of rotatable bonds is 5. The lowest BCUT2D eigenvalue weighted by molar-refractivity contribution is -0.134. The van der Waals surface area contributed by atoms with E-state index in [9.17, 15) is 9.59 Å². The van der Waals surface area contributed by atoms with Gasteiger partial charge in [-0.05, 0) is 33.3 Å². The third kappa shape index (κ3) is 4.10. The summed E-state index contributed by atoms with van der Waals surface area (Å²) in [7, 11) is 0. The molecule has 0 saturated carbocycles. The Labute approximate surface area is 149 Å². The molecule has 7 heteroatoms. The summed E-state index contributed by atoms with van der Waals surface area (Å²) in [4.78, 5) is 31.0. The van der Waals surface area contributed by atoms with Crippen molar-refractivity contribution in [2.75, 3.05) is 39.3 Å². The Morgan fingerprint density at radius 1 is 1.08 bits per heavy atom. The summed E-state index contributed by atoms with van der Waals surface area (Å²) in [6.45, 7) is 12.1. The minimum Gasteiger partial charge on any atom is -0.339 e. The van der Waals surface area contributed by atoms with E-state index < -0.39 is 0 Å². The Bertz CT molecular complexity index is 664. The second-order valence-electron chi connectivity index (χ2n) is 7.34. The van der Waals surface area contributed by atoms with Gasteiger partial charge in [0.2, 0.25) is 5.91 Å². The average molecular weight is 347 g/mol. The van der Waals surface area contributed by atoms with Crippen molar-refractivity contribution in [2.24, 2.45) is 0 Å². The third-order valence-electron chi connectivity index (χ3n) is 5.31. The first kappa shape index (κ1) is 18.1. The largest absolute Gasteiger partial charge is 0.339 e. The average Bonchev–Trinajstić information content (AvgIpc) is 2.98. The van der Waals surface area contributed by atoms with Crippen molar-refractivity contribution in [2.45, 2.75) is 45.8 Å². The van der Waals surface area contributed by atoms with Gasteiger partial charge in [0, 0.05) is 51.4 Å². The van der Waals surface area contributed by atoms with E-state index in [1.54, 1.807) is 16.8 Å². The fraction of sp³-hybridized carbons (Fsp3) is 0.722. The summed E-state index contributed by atoms with van der Waals surface area (Å²) >= 11 is 0. The van der Waals surface area contributed by atoms with E-state index in [-0.39, 0.29) is 11.6 Å². The molecule has 0 spiro atoms. The summed E-state index contributed by atoms with van der Waals surface area (Å²) in [6.07, 6.45) is 0.944. The maximum Gasteiger partial charge on any atom is 0.266 e. The Morgan fingerprint density at radius 2 is 1.80 bits per heavy atom. The van der Waals surface area contributed by atoms with Gasteiger partial charge in [0.25, 0.3) is 5.56 Å². The molecule has 1 aromatic rings. The van der Waals surface area contributed by atoms with E-state index in [2.05, 4.69) is 28.7 Å². The van der Waals surface area contributed by atoms with E-state index in [1.807, 2.05) is 11.8 Å². The van der Waals surface area contributed by atoms with Gasteiger partial charge in [-0.25, -0.2) is 4.68 Å². The second kappa shape index (κ2) is 7.66. The van der Waals surface area contributed by atoms with Gasteiger partial charge in [-0.1, -0.05) is 0 Å². The summed E-state index contributed by atoms with van der Waals surface area (Å²) < 4.78 is 1.54. The molecule has 2 aliphatic rings. The smallest absolute Gasteiger partial charge is 0.266 e. The van der Waals surface area contributed by atoms with E-state index in [0.29, 0.717) is 18.5 Å². The maximum absolute atomic E-state index is 12.5. The van der Waals surface area contributed by atoms with E-state index in [0.717, 1.165) is 51.4 Å². The predicted molar refractivity (Wildman–Crippen MR) is 96.5 cm³/mol. The van der Waals surface area contributed by atoms with Crippen LogP contribution in [0.2, 0.25) is 0 Å². The molecule has 1 atom stereocenters. The highest BCUT2D eigenvalue weighted by Gasteiger charge is 2.37. The molecule has 7 nitrogen and oxygen atoms in total. The number of nitrogens with zero attached hydrogens (tertiary/aromatic N) is 5. The summed E-state index contributed by atoms with van der Waals surface area (Å²) in [5.74, 6) is 0.291. The fourth-order valence-corrected chi connectivity index (χ4v) is 3.78. The minimum atomic E-state index is -0.0467. The molecule has 0 radical (unpaired) electrons. The van der Waals surface area contributed by atoms with Gasteiger partial charge in [0.05, 0.1) is 18.3 Å². The van der Waals surface area contributed by atoms with Crippen LogP contribution in [0.15, 0.2) is 16.9 Å². The molecule has 0 aliphatic carbocycles. The lowest BCUT2D eigenvalue weighted by Crippen LogP contribution is -2.53. The zero-order valence-corrected chi connectivity index (χ0v) is 15.5. The van der Waals surface area contributed by atoms with Crippen LogP contribution in [-0.2, 0) is 11.3 Å². The minimum absolute atomic E-state index is 0.0467. The Kier molecular flexibility index (Phi) is 5.54. The third-order valence-corrected chi connectivity index (χ3v) is 5.31. The van der Waals surface area contributed by atoms with E-state index in [4.69, 9.17) is 0 Å². The molecule has 25 heavy (non-hydrogen) atoms. The van der Waals surface area contributed by atoms with Crippen molar-refractivity contribution in [3.8, 4) is 0 Å². The number of aromatic nitrogens is 2. The Morgan fingerprint density at radius 3 is 2.44 bits per heavy atom. The predicted octanol–water partition coefficient (Wildman–Crippen LogP) is 0.179. The van der Waals surface area contributed by atoms with Crippen molar-refractivity contribution < 1.29 is 4.79 Å². The van der Waals surface area contributed by atoms with Crippen molar-refractivity contribution in [1.29, 1.82) is 0 Å². The molecule has 1 aromatic heterocycles. The Balaban J connectivity index is 1.48. The quantitative estimate of drug-likeness (QED) is 0.760. The SMILES string of the molecule is Cc1ccc(=O)n(CCN2CCN(C3CCN(C(C)C)C3=O)CC2)n1. The van der Waals surface area contributed by atoms with Crippen LogP contribution in [0, 0.1) is 6.92 Å². The number of piperazine rings is 1. The molecule has 2 saturated heterocycles. The van der Waals surface area contributed by atoms with E-state index >= 15 is 0 Å². The molecular formula is C18H29N5O2. The number of amides is 1. The Hall–Kier alpha value is -1.73. The number of aryl methyl sites for hydroxylation is 1. The molecular weight excluding hydrogens is 318 g/mol. The number of likely N-dealkylation sites (tertiary alicyclic amines) is 1. The zero-order chi connectivity index (χ0) is 18.0. The van der Waals surface area contributed by atoms with Crippen LogP contribution in [0.3, 0.4) is 0 Å². The van der Waals surface area contributed by atoms with E-state index in [1.165, 1.54) is 0 Å². The van der Waals surface area contributed by atoms with Crippen LogP contribution in [-0.4, -0.2) is 81.7 Å². The molecule has 1 amide bonds. The van der Waals surface area contributed by atoms with Gasteiger partial charge < -0.3 is 4.90 Å². The topological polar surface area (TPSA) is 61.7 Å². The van der Waals surface area contributed by atoms with Crippen LogP contribution < -0.4 is 5.56 Å². The van der Waals surface area contributed by atoms with Gasteiger partial charge in [-0.15, -0.1) is 0 Å². The van der Waals surface area contributed by atoms with Crippen molar-refractivity contribution in [3.05, 3.63) is 28.2 Å². The van der Waals surface area contributed by atoms with Crippen molar-refractivity contribution in [3.63, 3.8) is 0 Å². The molecule has 3 heterocycles. The molecule has 0 bridgehead atoms. The summed E-state index contributed by atoms with van der Waals surface area (Å²) in [5.41, 5.74) is 0.813. The first-order valence-electron chi connectivity index (χ1n) is 9.27. The monoisotopic (exact) mass is 347 g/mol. The van der Waals surface area contributed by atoms with Gasteiger partial charge in [0.15, 0.2) is 0 Å². The van der Waals surface area contributed by atoms with Gasteiger partial charge >= 0.3 is 0 Å². The zero-order valence-electron chi connectivity index (χ0n) is 15.5. The highest BCUT2D eigenvalue weighted by molar-refractivity contribution is 5.84. The number of hydrogen-bond donors (Lipinski definition) is 0. The van der Waals surface area contributed by atoms with Crippen LogP contribution in [0.25, 0.3) is 0 Å². The summed E-state index contributed by atoms with van der Waals surface area (Å²) in [5, 5.41) is 4.29. The fourth-order valence-electron chi connectivity index (χ4n) is 3.78. The van der Waals surface area contributed by atoms with Gasteiger partial charge in [-0.2, -0.15) is 5.10 Å². The number of carbonyl (C=O) groups excluding carboxylic acids is 1. The molecule has 2 fully saturated rings. The maximum atomic E-state index is 12.5. The van der Waals surface area contributed by atoms with Crippen LogP contribution in [0.1, 0.15) is 26.0 Å². The molecule has 138 valence electrons. The van der Waals surface area contributed by atoms with Crippen molar-refractivity contribution >= 4 is 5.91 Å². The number of hydrogen-bond acceptors (Lipinski definition) is 5. The van der Waals surface area contributed by atoms with Gasteiger partial charge in [-0.3, -0.25) is 19.4 Å². The number of carbonyl (C=O) groups is 1.